The molecule has 5 nitrogen and oxygen atoms in total. The van der Waals surface area contributed by atoms with Crippen LogP contribution >= 0.6 is 0 Å². The number of aliphatic hydroxyl groups is 1. The van der Waals surface area contributed by atoms with Crippen LogP contribution in [0.1, 0.15) is 18.5 Å². The molecule has 23 heavy (non-hydrogen) atoms. The molecule has 3 rings (SSSR count). The summed E-state index contributed by atoms with van der Waals surface area (Å²) in [5, 5.41) is 13.6. The second-order valence-electron chi connectivity index (χ2n) is 5.85. The summed E-state index contributed by atoms with van der Waals surface area (Å²) >= 11 is 0. The Balaban J connectivity index is 2.00. The summed E-state index contributed by atoms with van der Waals surface area (Å²) in [6.07, 6.45) is 3.89. The van der Waals surface area contributed by atoms with Crippen molar-refractivity contribution in [3.63, 3.8) is 0 Å². The molecule has 1 aliphatic heterocycles. The van der Waals surface area contributed by atoms with E-state index in [1.54, 1.807) is 19.3 Å². The van der Waals surface area contributed by atoms with Crippen molar-refractivity contribution in [3.8, 4) is 0 Å². The lowest BCUT2D eigenvalue weighted by atomic mass is 9.92. The van der Waals surface area contributed by atoms with Gasteiger partial charge in [-0.15, -0.1) is 0 Å². The zero-order chi connectivity index (χ0) is 16.2. The minimum Gasteiger partial charge on any atom is -0.391 e. The summed E-state index contributed by atoms with van der Waals surface area (Å²) in [5.74, 6) is 0. The molecule has 0 bridgehead atoms. The van der Waals surface area contributed by atoms with E-state index in [9.17, 15) is 9.90 Å². The van der Waals surface area contributed by atoms with Crippen molar-refractivity contribution in [2.45, 2.75) is 31.2 Å². The lowest BCUT2D eigenvalue weighted by Crippen LogP contribution is -2.62. The Labute approximate surface area is 136 Å². The van der Waals surface area contributed by atoms with E-state index in [-0.39, 0.29) is 12.1 Å². The average Bonchev–Trinajstić information content (AvgIpc) is 2.61. The number of hydrogen-bond donors (Lipinski definition) is 2. The predicted molar refractivity (Wildman–Crippen MR) is 89.2 cm³/mol. The largest absolute Gasteiger partial charge is 0.391 e. The van der Waals surface area contributed by atoms with E-state index in [0.717, 1.165) is 17.5 Å². The number of anilines is 1. The van der Waals surface area contributed by atoms with Crippen molar-refractivity contribution in [2.24, 2.45) is 0 Å². The number of benzene rings is 1. The maximum atomic E-state index is 11.9. The molecule has 0 spiro atoms. The molecule has 4 atom stereocenters. The number of carbonyl (C=O) groups is 1. The zero-order valence-corrected chi connectivity index (χ0v) is 13.0. The third-order valence-corrected chi connectivity index (χ3v) is 4.36. The molecule has 120 valence electrons. The first kappa shape index (κ1) is 15.6. The van der Waals surface area contributed by atoms with Gasteiger partial charge >= 0.3 is 0 Å². The van der Waals surface area contributed by atoms with Gasteiger partial charge in [-0.1, -0.05) is 24.3 Å². The molecule has 0 saturated carbocycles. The fraction of sp³-hybridized carbons (Fsp3) is 0.333. The number of hydrogen-bond acceptors (Lipinski definition) is 5. The third kappa shape index (κ3) is 3.11. The highest BCUT2D eigenvalue weighted by atomic mass is 16.3. The fourth-order valence-corrected chi connectivity index (χ4v) is 3.23. The molecule has 2 heterocycles. The number of piperazine rings is 1. The van der Waals surface area contributed by atoms with E-state index in [0.29, 0.717) is 6.54 Å². The standard InChI is InChI=1S/C18H21N3O2/c1-13(23)16-11-20-18(14-6-5-9-19-10-14)17(12-22)21(16)15-7-3-2-4-8-15/h2-10,12-13,16-18,20,23H,11H2,1H3. The average molecular weight is 311 g/mol. The lowest BCUT2D eigenvalue weighted by Gasteiger charge is -2.47. The van der Waals surface area contributed by atoms with Crippen LogP contribution in [0.15, 0.2) is 54.9 Å². The number of pyridine rings is 1. The van der Waals surface area contributed by atoms with Crippen LogP contribution in [0.3, 0.4) is 0 Å². The second kappa shape index (κ2) is 6.89. The Morgan fingerprint density at radius 1 is 1.30 bits per heavy atom. The van der Waals surface area contributed by atoms with Gasteiger partial charge in [0.15, 0.2) is 0 Å². The number of para-hydroxylation sites is 1. The normalized spacial score (nSPS) is 25.8. The summed E-state index contributed by atoms with van der Waals surface area (Å²) in [6, 6.07) is 12.9. The molecular formula is C18H21N3O2. The molecule has 4 unspecified atom stereocenters. The molecule has 2 N–H and O–H groups in total. The molecule has 1 aliphatic rings. The fourth-order valence-electron chi connectivity index (χ4n) is 3.23. The van der Waals surface area contributed by atoms with Crippen LogP contribution in [0.5, 0.6) is 0 Å². The van der Waals surface area contributed by atoms with Gasteiger partial charge in [0.25, 0.3) is 0 Å². The Bertz CT molecular complexity index is 633. The Morgan fingerprint density at radius 3 is 2.70 bits per heavy atom. The molecule has 1 aromatic carbocycles. The summed E-state index contributed by atoms with van der Waals surface area (Å²) in [5.41, 5.74) is 1.90. The van der Waals surface area contributed by atoms with Gasteiger partial charge < -0.3 is 20.1 Å². The topological polar surface area (TPSA) is 65.5 Å². The van der Waals surface area contributed by atoms with Crippen molar-refractivity contribution >= 4 is 12.0 Å². The Hall–Kier alpha value is -2.24. The molecule has 0 aliphatic carbocycles. The van der Waals surface area contributed by atoms with Gasteiger partial charge in [-0.3, -0.25) is 4.98 Å². The van der Waals surface area contributed by atoms with Crippen molar-refractivity contribution in [2.75, 3.05) is 11.4 Å². The van der Waals surface area contributed by atoms with Crippen LogP contribution in [0.25, 0.3) is 0 Å². The molecule has 1 saturated heterocycles. The monoisotopic (exact) mass is 311 g/mol. The van der Waals surface area contributed by atoms with Crippen LogP contribution in [-0.4, -0.2) is 41.1 Å². The summed E-state index contributed by atoms with van der Waals surface area (Å²) in [6.45, 7) is 2.35. The van der Waals surface area contributed by atoms with E-state index in [2.05, 4.69) is 10.3 Å². The second-order valence-corrected chi connectivity index (χ2v) is 5.85. The quantitative estimate of drug-likeness (QED) is 0.839. The zero-order valence-electron chi connectivity index (χ0n) is 13.0. The molecule has 0 amide bonds. The van der Waals surface area contributed by atoms with Crippen molar-refractivity contribution in [1.82, 2.24) is 10.3 Å². The summed E-state index contributed by atoms with van der Waals surface area (Å²) in [7, 11) is 0. The van der Waals surface area contributed by atoms with Crippen LogP contribution in [0.4, 0.5) is 5.69 Å². The first-order valence-electron chi connectivity index (χ1n) is 7.82. The van der Waals surface area contributed by atoms with Gasteiger partial charge in [-0.05, 0) is 30.7 Å². The van der Waals surface area contributed by atoms with Crippen LogP contribution in [0, 0.1) is 0 Å². The maximum absolute atomic E-state index is 11.9. The van der Waals surface area contributed by atoms with Gasteiger partial charge in [0.2, 0.25) is 0 Å². The third-order valence-electron chi connectivity index (χ3n) is 4.36. The SMILES string of the molecule is CC(O)C1CNC(c2cccnc2)C(C=O)N1c1ccccc1. The van der Waals surface area contributed by atoms with Crippen LogP contribution in [0.2, 0.25) is 0 Å². The molecule has 2 aromatic rings. The van der Waals surface area contributed by atoms with Crippen molar-refractivity contribution in [3.05, 3.63) is 60.4 Å². The van der Waals surface area contributed by atoms with E-state index in [1.165, 1.54) is 0 Å². The number of aliphatic hydroxyl groups excluding tert-OH is 1. The van der Waals surface area contributed by atoms with Gasteiger partial charge in [0.1, 0.15) is 12.3 Å². The Kier molecular flexibility index (Phi) is 4.69. The highest BCUT2D eigenvalue weighted by Gasteiger charge is 2.39. The Morgan fingerprint density at radius 2 is 2.09 bits per heavy atom. The molecular weight excluding hydrogens is 290 g/mol. The summed E-state index contributed by atoms with van der Waals surface area (Å²) in [4.78, 5) is 18.1. The number of rotatable bonds is 4. The van der Waals surface area contributed by atoms with Gasteiger partial charge in [-0.25, -0.2) is 0 Å². The first-order valence-corrected chi connectivity index (χ1v) is 7.82. The summed E-state index contributed by atoms with van der Waals surface area (Å²) < 4.78 is 0. The van der Waals surface area contributed by atoms with E-state index in [1.807, 2.05) is 47.4 Å². The number of nitrogens with zero attached hydrogens (tertiary/aromatic N) is 2. The predicted octanol–water partition coefficient (Wildman–Crippen LogP) is 1.55. The molecule has 1 aromatic heterocycles. The smallest absolute Gasteiger partial charge is 0.144 e. The van der Waals surface area contributed by atoms with E-state index in [4.69, 9.17) is 0 Å². The minimum atomic E-state index is -0.556. The highest BCUT2D eigenvalue weighted by Crippen LogP contribution is 2.31. The van der Waals surface area contributed by atoms with E-state index < -0.39 is 12.1 Å². The molecule has 1 fully saturated rings. The number of nitrogens with one attached hydrogen (secondary N) is 1. The minimum absolute atomic E-state index is 0.156. The maximum Gasteiger partial charge on any atom is 0.144 e. The van der Waals surface area contributed by atoms with Gasteiger partial charge in [0, 0.05) is 24.6 Å². The number of aromatic nitrogens is 1. The van der Waals surface area contributed by atoms with E-state index >= 15 is 0 Å². The first-order chi connectivity index (χ1) is 11.2. The van der Waals surface area contributed by atoms with Gasteiger partial charge in [-0.2, -0.15) is 0 Å². The lowest BCUT2D eigenvalue weighted by molar-refractivity contribution is -0.110. The number of aldehydes is 1. The molecule has 0 radical (unpaired) electrons. The molecule has 5 heteroatoms. The number of carbonyl (C=O) groups excluding carboxylic acids is 1. The van der Waals surface area contributed by atoms with Crippen molar-refractivity contribution < 1.29 is 9.90 Å². The highest BCUT2D eigenvalue weighted by molar-refractivity contribution is 5.69. The van der Waals surface area contributed by atoms with Crippen LogP contribution < -0.4 is 10.2 Å². The van der Waals surface area contributed by atoms with Crippen molar-refractivity contribution in [1.29, 1.82) is 0 Å². The van der Waals surface area contributed by atoms with Crippen LogP contribution in [-0.2, 0) is 4.79 Å². The van der Waals surface area contributed by atoms with Gasteiger partial charge in [0.05, 0.1) is 18.2 Å².